The zero-order chi connectivity index (χ0) is 14.8. The maximum atomic E-state index is 12.6. The molecule has 2 aliphatic heterocycles. The van der Waals surface area contributed by atoms with E-state index in [-0.39, 0.29) is 18.6 Å². The molecule has 21 heavy (non-hydrogen) atoms. The summed E-state index contributed by atoms with van der Waals surface area (Å²) in [7, 11) is 1.61. The average molecular weight is 288 g/mol. The van der Waals surface area contributed by atoms with E-state index in [4.69, 9.17) is 15.2 Å². The van der Waals surface area contributed by atoms with Gasteiger partial charge in [-0.15, -0.1) is 0 Å². The van der Waals surface area contributed by atoms with Crippen LogP contribution in [0, 0.1) is 0 Å². The number of para-hydroxylation sites is 1. The third-order valence-corrected chi connectivity index (χ3v) is 3.95. The Kier molecular flexibility index (Phi) is 3.84. The largest absolute Gasteiger partial charge is 0.493 e. The van der Waals surface area contributed by atoms with E-state index in [1.807, 2.05) is 29.2 Å². The van der Waals surface area contributed by atoms with Crippen molar-refractivity contribution in [2.45, 2.75) is 18.9 Å². The zero-order valence-electron chi connectivity index (χ0n) is 12.2. The van der Waals surface area contributed by atoms with Crippen LogP contribution < -0.4 is 15.2 Å². The molecule has 0 spiro atoms. The van der Waals surface area contributed by atoms with Crippen LogP contribution in [0.4, 0.5) is 0 Å². The molecular weight excluding hydrogens is 268 g/mol. The summed E-state index contributed by atoms with van der Waals surface area (Å²) in [6.07, 6.45) is 3.84. The van der Waals surface area contributed by atoms with Gasteiger partial charge in [-0.1, -0.05) is 12.1 Å². The number of hydrogen-bond acceptors (Lipinski definition) is 4. The second-order valence-corrected chi connectivity index (χ2v) is 5.49. The molecule has 1 fully saturated rings. The summed E-state index contributed by atoms with van der Waals surface area (Å²) in [5, 5.41) is 0. The summed E-state index contributed by atoms with van der Waals surface area (Å²) in [6.45, 7) is 1.67. The molecule has 112 valence electrons. The molecule has 1 atom stereocenters. The molecule has 0 aromatic heterocycles. The van der Waals surface area contributed by atoms with Crippen molar-refractivity contribution in [1.82, 2.24) is 4.90 Å². The molecule has 1 aromatic rings. The summed E-state index contributed by atoms with van der Waals surface area (Å²) < 4.78 is 11.0. The fraction of sp³-hybridized carbons (Fsp3) is 0.438. The van der Waals surface area contributed by atoms with Gasteiger partial charge in [0.15, 0.2) is 11.5 Å². The Morgan fingerprint density at radius 3 is 3.10 bits per heavy atom. The number of likely N-dealkylation sites (tertiary alicyclic amines) is 1. The van der Waals surface area contributed by atoms with Gasteiger partial charge in [-0.2, -0.15) is 0 Å². The maximum absolute atomic E-state index is 12.6. The van der Waals surface area contributed by atoms with E-state index in [9.17, 15) is 4.79 Å². The number of nitrogens with zero attached hydrogens (tertiary/aromatic N) is 1. The van der Waals surface area contributed by atoms with Gasteiger partial charge in [0.1, 0.15) is 6.61 Å². The second-order valence-electron chi connectivity index (χ2n) is 5.49. The Balaban J connectivity index is 1.83. The predicted octanol–water partition coefficient (Wildman–Crippen LogP) is 1.42. The van der Waals surface area contributed by atoms with Gasteiger partial charge in [0.2, 0.25) is 0 Å². The molecule has 0 aliphatic carbocycles. The fourth-order valence-electron chi connectivity index (χ4n) is 2.86. The van der Waals surface area contributed by atoms with Gasteiger partial charge in [-0.3, -0.25) is 4.79 Å². The maximum Gasteiger partial charge on any atom is 0.253 e. The van der Waals surface area contributed by atoms with Gasteiger partial charge in [0, 0.05) is 24.7 Å². The van der Waals surface area contributed by atoms with Crippen molar-refractivity contribution < 1.29 is 14.3 Å². The van der Waals surface area contributed by atoms with Gasteiger partial charge in [0.25, 0.3) is 5.91 Å². The molecule has 5 heteroatoms. The van der Waals surface area contributed by atoms with Crippen LogP contribution in [-0.2, 0) is 4.79 Å². The first-order valence-corrected chi connectivity index (χ1v) is 7.24. The summed E-state index contributed by atoms with van der Waals surface area (Å²) in [5.41, 5.74) is 7.50. The molecule has 1 aromatic carbocycles. The minimum Gasteiger partial charge on any atom is -0.493 e. The van der Waals surface area contributed by atoms with Crippen molar-refractivity contribution in [2.24, 2.45) is 5.73 Å². The normalized spacial score (nSPS) is 21.1. The average Bonchev–Trinajstić information content (AvgIpc) is 2.53. The summed E-state index contributed by atoms with van der Waals surface area (Å²) in [4.78, 5) is 14.4. The lowest BCUT2D eigenvalue weighted by atomic mass is 10.0. The highest BCUT2D eigenvalue weighted by molar-refractivity contribution is 5.99. The number of carbonyl (C=O) groups excluding carboxylic acids is 1. The van der Waals surface area contributed by atoms with Gasteiger partial charge in [0.05, 0.1) is 12.7 Å². The lowest BCUT2D eigenvalue weighted by Crippen LogP contribution is -2.46. The van der Waals surface area contributed by atoms with Gasteiger partial charge in [-0.25, -0.2) is 0 Å². The van der Waals surface area contributed by atoms with Crippen molar-refractivity contribution in [2.75, 3.05) is 26.8 Å². The van der Waals surface area contributed by atoms with Crippen LogP contribution in [0.2, 0.25) is 0 Å². The molecule has 2 N–H and O–H groups in total. The summed E-state index contributed by atoms with van der Waals surface area (Å²) in [6, 6.07) is 5.75. The molecule has 2 aliphatic rings. The van der Waals surface area contributed by atoms with E-state index in [1.165, 1.54) is 0 Å². The van der Waals surface area contributed by atoms with Crippen LogP contribution in [0.5, 0.6) is 11.5 Å². The van der Waals surface area contributed by atoms with E-state index in [1.54, 1.807) is 7.11 Å². The van der Waals surface area contributed by atoms with Gasteiger partial charge < -0.3 is 20.1 Å². The van der Waals surface area contributed by atoms with E-state index >= 15 is 0 Å². The van der Waals surface area contributed by atoms with Crippen molar-refractivity contribution in [3.63, 3.8) is 0 Å². The number of piperidine rings is 1. The Morgan fingerprint density at radius 2 is 2.33 bits per heavy atom. The third-order valence-electron chi connectivity index (χ3n) is 3.95. The Labute approximate surface area is 124 Å². The standard InChI is InChI=1S/C16H20N2O3/c1-20-14-6-2-4-11-8-12(10-21-15(11)14)16(19)18-7-3-5-13(17)9-18/h2,4,6,8,13H,3,5,7,9-10,17H2,1H3. The minimum atomic E-state index is 0.0265. The lowest BCUT2D eigenvalue weighted by Gasteiger charge is -2.32. The van der Waals surface area contributed by atoms with Crippen LogP contribution in [0.15, 0.2) is 23.8 Å². The quantitative estimate of drug-likeness (QED) is 0.894. The number of fused-ring (bicyclic) bond motifs is 1. The first kappa shape index (κ1) is 13.9. The molecule has 0 saturated carbocycles. The Bertz CT molecular complexity index is 583. The first-order valence-electron chi connectivity index (χ1n) is 7.24. The van der Waals surface area contributed by atoms with Crippen molar-refractivity contribution >= 4 is 12.0 Å². The molecule has 1 amide bonds. The van der Waals surface area contributed by atoms with Crippen LogP contribution in [-0.4, -0.2) is 43.7 Å². The Hall–Kier alpha value is -2.01. The van der Waals surface area contributed by atoms with Gasteiger partial charge >= 0.3 is 0 Å². The number of methoxy groups -OCH3 is 1. The Morgan fingerprint density at radius 1 is 1.48 bits per heavy atom. The smallest absolute Gasteiger partial charge is 0.253 e. The summed E-state index contributed by atoms with van der Waals surface area (Å²) in [5.74, 6) is 1.42. The fourth-order valence-corrected chi connectivity index (χ4v) is 2.86. The topological polar surface area (TPSA) is 64.8 Å². The number of hydrogen-bond donors (Lipinski definition) is 1. The third kappa shape index (κ3) is 2.74. The van der Waals surface area contributed by atoms with Crippen molar-refractivity contribution in [1.29, 1.82) is 0 Å². The van der Waals surface area contributed by atoms with Gasteiger partial charge in [-0.05, 0) is 25.0 Å². The van der Waals surface area contributed by atoms with Crippen molar-refractivity contribution in [3.05, 3.63) is 29.3 Å². The number of amides is 1. The molecule has 1 unspecified atom stereocenters. The molecule has 1 saturated heterocycles. The molecule has 3 rings (SSSR count). The highest BCUT2D eigenvalue weighted by atomic mass is 16.5. The lowest BCUT2D eigenvalue weighted by molar-refractivity contribution is -0.128. The first-order chi connectivity index (χ1) is 10.2. The molecule has 0 radical (unpaired) electrons. The number of rotatable bonds is 2. The molecule has 2 heterocycles. The SMILES string of the molecule is COc1cccc2c1OCC(C(=O)N1CCCC(N)C1)=C2. The monoisotopic (exact) mass is 288 g/mol. The number of benzene rings is 1. The van der Waals surface area contributed by atoms with E-state index in [2.05, 4.69) is 0 Å². The zero-order valence-corrected chi connectivity index (χ0v) is 12.2. The van der Waals surface area contributed by atoms with Crippen LogP contribution in [0.3, 0.4) is 0 Å². The minimum absolute atomic E-state index is 0.0265. The number of ether oxygens (including phenoxy) is 2. The highest BCUT2D eigenvalue weighted by Gasteiger charge is 2.26. The van der Waals surface area contributed by atoms with Crippen molar-refractivity contribution in [3.8, 4) is 11.5 Å². The number of nitrogens with two attached hydrogens (primary N) is 1. The van der Waals surface area contributed by atoms with E-state index < -0.39 is 0 Å². The van der Waals surface area contributed by atoms with Crippen LogP contribution in [0.25, 0.3) is 6.08 Å². The van der Waals surface area contributed by atoms with E-state index in [0.29, 0.717) is 23.6 Å². The summed E-state index contributed by atoms with van der Waals surface area (Å²) >= 11 is 0. The molecule has 0 bridgehead atoms. The molecular formula is C16H20N2O3. The number of carbonyl (C=O) groups is 1. The van der Waals surface area contributed by atoms with Crippen LogP contribution >= 0.6 is 0 Å². The van der Waals surface area contributed by atoms with E-state index in [0.717, 1.165) is 24.9 Å². The second kappa shape index (κ2) is 5.77. The van der Waals surface area contributed by atoms with Crippen LogP contribution in [0.1, 0.15) is 18.4 Å². The molecule has 5 nitrogen and oxygen atoms in total. The predicted molar refractivity (Wildman–Crippen MR) is 80.3 cm³/mol. The highest BCUT2D eigenvalue weighted by Crippen LogP contribution is 2.35.